The maximum atomic E-state index is 12.7. The molecule has 0 radical (unpaired) electrons. The minimum atomic E-state index is -0.0505. The fourth-order valence-corrected chi connectivity index (χ4v) is 4.05. The second kappa shape index (κ2) is 9.26. The van der Waals surface area contributed by atoms with Gasteiger partial charge in [0.2, 0.25) is 0 Å². The van der Waals surface area contributed by atoms with Crippen molar-refractivity contribution in [1.29, 1.82) is 0 Å². The Labute approximate surface area is 178 Å². The topological polar surface area (TPSA) is 50.2 Å². The lowest BCUT2D eigenvalue weighted by Crippen LogP contribution is -2.32. The highest BCUT2D eigenvalue weighted by Gasteiger charge is 2.16. The number of amides is 1. The summed E-state index contributed by atoms with van der Waals surface area (Å²) in [5.74, 6) is 1.72. The van der Waals surface area contributed by atoms with E-state index in [1.54, 1.807) is 6.20 Å². The minimum absolute atomic E-state index is 0.0505. The zero-order valence-corrected chi connectivity index (χ0v) is 17.8. The van der Waals surface area contributed by atoms with E-state index >= 15 is 0 Å². The number of aryl methyl sites for hydroxylation is 1. The first kappa shape index (κ1) is 20.4. The number of likely N-dealkylation sites (tertiary alicyclic amines) is 1. The van der Waals surface area contributed by atoms with Crippen LogP contribution < -0.4 is 5.32 Å². The maximum absolute atomic E-state index is 12.7. The molecular weight excluding hydrogens is 372 g/mol. The first-order valence-electron chi connectivity index (χ1n) is 10.8. The first-order chi connectivity index (χ1) is 14.6. The molecule has 0 bridgehead atoms. The van der Waals surface area contributed by atoms with Crippen molar-refractivity contribution in [3.63, 3.8) is 0 Å². The molecule has 5 nitrogen and oxygen atoms in total. The van der Waals surface area contributed by atoms with Gasteiger partial charge in [-0.2, -0.15) is 0 Å². The zero-order chi connectivity index (χ0) is 20.9. The monoisotopic (exact) mass is 402 g/mol. The van der Waals surface area contributed by atoms with Crippen LogP contribution in [0.25, 0.3) is 5.69 Å². The van der Waals surface area contributed by atoms with Crippen molar-refractivity contribution in [3.8, 4) is 5.69 Å². The number of aromatic nitrogens is 2. The largest absolute Gasteiger partial charge is 0.348 e. The molecule has 1 aliphatic rings. The van der Waals surface area contributed by atoms with Crippen molar-refractivity contribution in [2.75, 3.05) is 13.1 Å². The number of imidazole rings is 1. The van der Waals surface area contributed by atoms with Gasteiger partial charge in [-0.25, -0.2) is 4.98 Å². The van der Waals surface area contributed by atoms with Crippen LogP contribution >= 0.6 is 0 Å². The lowest BCUT2D eigenvalue weighted by molar-refractivity contribution is 0.0951. The summed E-state index contributed by atoms with van der Waals surface area (Å²) in [4.78, 5) is 19.5. The number of nitrogens with one attached hydrogen (secondary N) is 1. The predicted molar refractivity (Wildman–Crippen MR) is 120 cm³/mol. The fraction of sp³-hybridized carbons (Fsp3) is 0.360. The van der Waals surface area contributed by atoms with E-state index in [0.717, 1.165) is 29.5 Å². The van der Waals surface area contributed by atoms with Gasteiger partial charge < -0.3 is 9.88 Å². The fourth-order valence-electron chi connectivity index (χ4n) is 4.05. The lowest BCUT2D eigenvalue weighted by atomic mass is 9.99. The summed E-state index contributed by atoms with van der Waals surface area (Å²) < 4.78 is 2.04. The number of rotatable bonds is 6. The predicted octanol–water partition coefficient (Wildman–Crippen LogP) is 4.34. The van der Waals surface area contributed by atoms with E-state index in [9.17, 15) is 4.79 Å². The van der Waals surface area contributed by atoms with Crippen LogP contribution in [0.2, 0.25) is 0 Å². The molecule has 30 heavy (non-hydrogen) atoms. The maximum Gasteiger partial charge on any atom is 0.251 e. The summed E-state index contributed by atoms with van der Waals surface area (Å²) in [7, 11) is 0. The van der Waals surface area contributed by atoms with Crippen LogP contribution in [0.5, 0.6) is 0 Å². The molecule has 0 aliphatic carbocycles. The average molecular weight is 403 g/mol. The summed E-state index contributed by atoms with van der Waals surface area (Å²) in [5, 5.41) is 3.06. The molecule has 0 saturated carbocycles. The standard InChI is InChI=1S/C25H30N4O/c1-19-11-14-28(15-12-19)18-21-7-9-22(10-8-21)25(30)27-17-23-5-3-4-6-24(23)29-16-13-26-20(29)2/h3-10,13,16,19H,11-12,14-15,17-18H2,1-2H3,(H,27,30). The molecule has 0 atom stereocenters. The Morgan fingerprint density at radius 1 is 1.10 bits per heavy atom. The van der Waals surface area contributed by atoms with E-state index < -0.39 is 0 Å². The minimum Gasteiger partial charge on any atom is -0.348 e. The molecule has 1 aromatic heterocycles. The highest BCUT2D eigenvalue weighted by molar-refractivity contribution is 5.94. The smallest absolute Gasteiger partial charge is 0.251 e. The Kier molecular flexibility index (Phi) is 6.29. The molecule has 0 unspecified atom stereocenters. The number of carbonyl (C=O) groups excluding carboxylic acids is 1. The summed E-state index contributed by atoms with van der Waals surface area (Å²) in [6, 6.07) is 16.1. The number of hydrogen-bond acceptors (Lipinski definition) is 3. The molecule has 2 aromatic carbocycles. The number of para-hydroxylation sites is 1. The van der Waals surface area contributed by atoms with Gasteiger partial charge in [0.25, 0.3) is 5.91 Å². The van der Waals surface area contributed by atoms with Gasteiger partial charge in [-0.1, -0.05) is 37.3 Å². The summed E-state index contributed by atoms with van der Waals surface area (Å²) in [6.45, 7) is 8.08. The van der Waals surface area contributed by atoms with Crippen molar-refractivity contribution < 1.29 is 4.79 Å². The Hall–Kier alpha value is -2.92. The molecule has 4 rings (SSSR count). The van der Waals surface area contributed by atoms with Crippen LogP contribution in [0.1, 0.15) is 47.1 Å². The highest BCUT2D eigenvalue weighted by Crippen LogP contribution is 2.19. The Balaban J connectivity index is 1.36. The molecular formula is C25H30N4O. The Morgan fingerprint density at radius 3 is 2.53 bits per heavy atom. The normalized spacial score (nSPS) is 15.3. The number of nitrogens with zero attached hydrogens (tertiary/aromatic N) is 3. The number of hydrogen-bond donors (Lipinski definition) is 1. The van der Waals surface area contributed by atoms with Gasteiger partial charge in [-0.3, -0.25) is 9.69 Å². The number of benzene rings is 2. The van der Waals surface area contributed by atoms with E-state index in [1.807, 2.05) is 54.1 Å². The quantitative estimate of drug-likeness (QED) is 0.667. The molecule has 1 saturated heterocycles. The zero-order valence-electron chi connectivity index (χ0n) is 17.8. The third kappa shape index (κ3) is 4.79. The summed E-state index contributed by atoms with van der Waals surface area (Å²) >= 11 is 0. The van der Waals surface area contributed by atoms with Crippen molar-refractivity contribution in [3.05, 3.63) is 83.4 Å². The van der Waals surface area contributed by atoms with Gasteiger partial charge in [0.1, 0.15) is 5.82 Å². The van der Waals surface area contributed by atoms with Crippen LogP contribution in [0.3, 0.4) is 0 Å². The van der Waals surface area contributed by atoms with Crippen LogP contribution in [0.15, 0.2) is 60.9 Å². The average Bonchev–Trinajstić information content (AvgIpc) is 3.20. The molecule has 3 aromatic rings. The molecule has 1 fully saturated rings. The second-order valence-electron chi connectivity index (χ2n) is 8.31. The van der Waals surface area contributed by atoms with E-state index in [1.165, 1.54) is 31.5 Å². The number of piperidine rings is 1. The molecule has 2 heterocycles. The van der Waals surface area contributed by atoms with Gasteiger partial charge in [-0.15, -0.1) is 0 Å². The Bertz CT molecular complexity index is 984. The summed E-state index contributed by atoms with van der Waals surface area (Å²) in [5.41, 5.74) is 4.06. The van der Waals surface area contributed by atoms with Crippen molar-refractivity contribution in [2.24, 2.45) is 5.92 Å². The van der Waals surface area contributed by atoms with Crippen molar-refractivity contribution in [2.45, 2.75) is 39.8 Å². The van der Waals surface area contributed by atoms with Crippen LogP contribution in [-0.4, -0.2) is 33.4 Å². The van der Waals surface area contributed by atoms with Gasteiger partial charge >= 0.3 is 0 Å². The Morgan fingerprint density at radius 2 is 1.83 bits per heavy atom. The summed E-state index contributed by atoms with van der Waals surface area (Å²) in [6.07, 6.45) is 6.29. The third-order valence-corrected chi connectivity index (χ3v) is 6.01. The van der Waals surface area contributed by atoms with Crippen LogP contribution in [0.4, 0.5) is 0 Å². The van der Waals surface area contributed by atoms with Crippen molar-refractivity contribution in [1.82, 2.24) is 19.8 Å². The molecule has 5 heteroatoms. The van der Waals surface area contributed by atoms with Gasteiger partial charge in [0.05, 0.1) is 5.69 Å². The molecule has 1 N–H and O–H groups in total. The number of carbonyl (C=O) groups is 1. The third-order valence-electron chi connectivity index (χ3n) is 6.01. The molecule has 1 amide bonds. The van der Waals surface area contributed by atoms with Gasteiger partial charge in [0.15, 0.2) is 0 Å². The molecule has 1 aliphatic heterocycles. The van der Waals surface area contributed by atoms with Crippen molar-refractivity contribution >= 4 is 5.91 Å². The lowest BCUT2D eigenvalue weighted by Gasteiger charge is -2.30. The molecule has 156 valence electrons. The van der Waals surface area contributed by atoms with E-state index in [4.69, 9.17) is 0 Å². The molecule has 0 spiro atoms. The van der Waals surface area contributed by atoms with E-state index in [-0.39, 0.29) is 5.91 Å². The van der Waals surface area contributed by atoms with E-state index in [2.05, 4.69) is 34.3 Å². The SMILES string of the molecule is Cc1nccn1-c1ccccc1CNC(=O)c1ccc(CN2CCC(C)CC2)cc1. The second-order valence-corrected chi connectivity index (χ2v) is 8.31. The van der Waals surface area contributed by atoms with Gasteiger partial charge in [0, 0.05) is 31.0 Å². The van der Waals surface area contributed by atoms with Gasteiger partial charge in [-0.05, 0) is 68.1 Å². The van der Waals surface area contributed by atoms with Crippen LogP contribution in [0, 0.1) is 12.8 Å². The van der Waals surface area contributed by atoms with E-state index in [0.29, 0.717) is 12.1 Å². The highest BCUT2D eigenvalue weighted by atomic mass is 16.1. The first-order valence-corrected chi connectivity index (χ1v) is 10.8. The van der Waals surface area contributed by atoms with Crippen LogP contribution in [-0.2, 0) is 13.1 Å².